The quantitative estimate of drug-likeness (QED) is 0.479. The van der Waals surface area contributed by atoms with Crippen molar-refractivity contribution in [2.24, 2.45) is 0 Å². The average Bonchev–Trinajstić information content (AvgIpc) is 3.17. The molecule has 2 aromatic rings. The van der Waals surface area contributed by atoms with E-state index in [9.17, 15) is 9.59 Å². The van der Waals surface area contributed by atoms with Crippen LogP contribution in [0.1, 0.15) is 29.7 Å². The number of rotatable bonds is 9. The second-order valence-electron chi connectivity index (χ2n) is 7.49. The zero-order chi connectivity index (χ0) is 19.9. The molecular weight excluding hydrogens is 372 g/mol. The Kier molecular flexibility index (Phi) is 7.28. The standard InChI is InChI=1S/C21H28N4O2S/c1-24(2)12-7-13-25-18-11-6-10-17(18)20(23-21(25)27)28-15-19(26)22-14-16-8-4-3-5-9-16/h3-5,8-9H,6-7,10-15H2,1-2H3,(H,22,26)/p+1. The van der Waals surface area contributed by atoms with Gasteiger partial charge in [0.2, 0.25) is 5.91 Å². The highest BCUT2D eigenvalue weighted by atomic mass is 32.2. The second-order valence-corrected chi connectivity index (χ2v) is 8.46. The predicted molar refractivity (Wildman–Crippen MR) is 112 cm³/mol. The number of benzene rings is 1. The molecule has 1 heterocycles. The SMILES string of the molecule is C[NH+](C)CCCn1c2c(c(SCC(=O)NCc3ccccc3)nc1=O)CCC2. The molecular formula is C21H29N4O2S+. The minimum atomic E-state index is -0.179. The van der Waals surface area contributed by atoms with E-state index in [-0.39, 0.29) is 17.3 Å². The second kappa shape index (κ2) is 9.89. The molecule has 1 aromatic heterocycles. The molecule has 7 heteroatoms. The molecule has 0 fully saturated rings. The zero-order valence-corrected chi connectivity index (χ0v) is 17.5. The number of amides is 1. The molecule has 1 aliphatic rings. The van der Waals surface area contributed by atoms with Crippen LogP contribution < -0.4 is 15.9 Å². The molecule has 1 aromatic carbocycles. The number of hydrogen-bond acceptors (Lipinski definition) is 4. The molecule has 0 saturated heterocycles. The highest BCUT2D eigenvalue weighted by molar-refractivity contribution is 7.99. The van der Waals surface area contributed by atoms with E-state index < -0.39 is 0 Å². The largest absolute Gasteiger partial charge is 0.351 e. The minimum absolute atomic E-state index is 0.0412. The highest BCUT2D eigenvalue weighted by Gasteiger charge is 2.22. The van der Waals surface area contributed by atoms with E-state index in [2.05, 4.69) is 24.4 Å². The van der Waals surface area contributed by atoms with Crippen molar-refractivity contribution in [3.05, 3.63) is 57.6 Å². The summed E-state index contributed by atoms with van der Waals surface area (Å²) in [5.74, 6) is 0.236. The van der Waals surface area contributed by atoms with Gasteiger partial charge in [0.1, 0.15) is 5.03 Å². The van der Waals surface area contributed by atoms with Crippen molar-refractivity contribution < 1.29 is 9.69 Å². The summed E-state index contributed by atoms with van der Waals surface area (Å²) < 4.78 is 1.85. The molecule has 150 valence electrons. The van der Waals surface area contributed by atoms with Crippen LogP contribution in [0.2, 0.25) is 0 Å². The van der Waals surface area contributed by atoms with Gasteiger partial charge in [-0.2, -0.15) is 4.98 Å². The molecule has 28 heavy (non-hydrogen) atoms. The molecule has 2 N–H and O–H groups in total. The van der Waals surface area contributed by atoms with Gasteiger partial charge in [0, 0.05) is 30.8 Å². The third-order valence-corrected chi connectivity index (χ3v) is 5.95. The van der Waals surface area contributed by atoms with Gasteiger partial charge in [-0.1, -0.05) is 42.1 Å². The summed E-state index contributed by atoms with van der Waals surface area (Å²) >= 11 is 1.38. The number of fused-ring (bicyclic) bond motifs is 1. The van der Waals surface area contributed by atoms with E-state index in [0.29, 0.717) is 6.54 Å². The maximum Gasteiger partial charge on any atom is 0.348 e. The van der Waals surface area contributed by atoms with Crippen LogP contribution in [0.25, 0.3) is 0 Å². The van der Waals surface area contributed by atoms with Crippen LogP contribution in [-0.2, 0) is 30.7 Å². The molecule has 3 rings (SSSR count). The summed E-state index contributed by atoms with van der Waals surface area (Å²) in [7, 11) is 4.24. The Hall–Kier alpha value is -2.12. The fraction of sp³-hybridized carbons (Fsp3) is 0.476. The van der Waals surface area contributed by atoms with E-state index in [1.165, 1.54) is 16.7 Å². The van der Waals surface area contributed by atoms with Gasteiger partial charge in [-0.3, -0.25) is 9.36 Å². The summed E-state index contributed by atoms with van der Waals surface area (Å²) in [6, 6.07) is 9.84. The summed E-state index contributed by atoms with van der Waals surface area (Å²) in [5, 5.41) is 3.67. The topological polar surface area (TPSA) is 68.4 Å². The summed E-state index contributed by atoms with van der Waals surface area (Å²) in [6.07, 6.45) is 3.88. The fourth-order valence-corrected chi connectivity index (χ4v) is 4.41. The molecule has 1 amide bonds. The number of hydrogen-bond donors (Lipinski definition) is 2. The smallest absolute Gasteiger partial charge is 0.348 e. The monoisotopic (exact) mass is 401 g/mol. The highest BCUT2D eigenvalue weighted by Crippen LogP contribution is 2.29. The van der Waals surface area contributed by atoms with E-state index in [4.69, 9.17) is 0 Å². The fourth-order valence-electron chi connectivity index (χ4n) is 3.51. The maximum absolute atomic E-state index is 12.6. The summed E-state index contributed by atoms with van der Waals surface area (Å²) in [4.78, 5) is 30.5. The first-order chi connectivity index (χ1) is 13.5. The molecule has 6 nitrogen and oxygen atoms in total. The van der Waals surface area contributed by atoms with Crippen LogP contribution in [0, 0.1) is 0 Å². The normalized spacial score (nSPS) is 13.0. The maximum atomic E-state index is 12.6. The lowest BCUT2D eigenvalue weighted by Gasteiger charge is -2.14. The van der Waals surface area contributed by atoms with Gasteiger partial charge in [-0.15, -0.1) is 0 Å². The number of nitrogens with zero attached hydrogens (tertiary/aromatic N) is 2. The molecule has 0 saturated carbocycles. The Bertz CT molecular complexity index is 865. The third kappa shape index (κ3) is 5.45. The van der Waals surface area contributed by atoms with Gasteiger partial charge in [0.05, 0.1) is 26.4 Å². The van der Waals surface area contributed by atoms with Gasteiger partial charge in [0.25, 0.3) is 0 Å². The van der Waals surface area contributed by atoms with E-state index in [1.54, 1.807) is 0 Å². The van der Waals surface area contributed by atoms with Gasteiger partial charge < -0.3 is 10.2 Å². The van der Waals surface area contributed by atoms with Gasteiger partial charge in [-0.05, 0) is 24.8 Å². The molecule has 0 aliphatic heterocycles. The first-order valence-electron chi connectivity index (χ1n) is 9.89. The van der Waals surface area contributed by atoms with Crippen molar-refractivity contribution in [1.29, 1.82) is 0 Å². The minimum Gasteiger partial charge on any atom is -0.351 e. The van der Waals surface area contributed by atoms with E-state index in [1.807, 2.05) is 34.9 Å². The molecule has 1 aliphatic carbocycles. The van der Waals surface area contributed by atoms with E-state index >= 15 is 0 Å². The molecule has 0 spiro atoms. The lowest BCUT2D eigenvalue weighted by molar-refractivity contribution is -0.858. The van der Waals surface area contributed by atoms with Gasteiger partial charge >= 0.3 is 5.69 Å². The molecule has 0 radical (unpaired) electrons. The van der Waals surface area contributed by atoms with Crippen LogP contribution in [-0.4, -0.2) is 41.9 Å². The first-order valence-corrected chi connectivity index (χ1v) is 10.9. The number of nitrogens with one attached hydrogen (secondary N) is 2. The Morgan fingerprint density at radius 3 is 2.79 bits per heavy atom. The van der Waals surface area contributed by atoms with Crippen molar-refractivity contribution in [1.82, 2.24) is 14.9 Å². The van der Waals surface area contributed by atoms with Crippen LogP contribution in [0.15, 0.2) is 40.2 Å². The van der Waals surface area contributed by atoms with Gasteiger partial charge in [0.15, 0.2) is 0 Å². The first kappa shape index (κ1) is 20.6. The Morgan fingerprint density at radius 1 is 1.25 bits per heavy atom. The lowest BCUT2D eigenvalue weighted by atomic mass is 10.2. The van der Waals surface area contributed by atoms with Crippen LogP contribution in [0.4, 0.5) is 0 Å². The van der Waals surface area contributed by atoms with Crippen LogP contribution in [0.3, 0.4) is 0 Å². The number of aromatic nitrogens is 2. The predicted octanol–water partition coefficient (Wildman–Crippen LogP) is 0.675. The van der Waals surface area contributed by atoms with Crippen molar-refractivity contribution in [2.45, 2.75) is 43.8 Å². The van der Waals surface area contributed by atoms with Crippen molar-refractivity contribution in [3.8, 4) is 0 Å². The van der Waals surface area contributed by atoms with Crippen LogP contribution >= 0.6 is 11.8 Å². The Balaban J connectivity index is 1.61. The Labute approximate surface area is 170 Å². The zero-order valence-electron chi connectivity index (χ0n) is 16.7. The summed E-state index contributed by atoms with van der Waals surface area (Å²) in [5.41, 5.74) is 3.18. The van der Waals surface area contributed by atoms with Crippen molar-refractivity contribution >= 4 is 17.7 Å². The molecule has 0 unspecified atom stereocenters. The summed E-state index contributed by atoms with van der Waals surface area (Å²) in [6.45, 7) is 2.27. The third-order valence-electron chi connectivity index (χ3n) is 4.93. The number of thioether (sulfide) groups is 1. The van der Waals surface area contributed by atoms with Gasteiger partial charge in [-0.25, -0.2) is 4.79 Å². The van der Waals surface area contributed by atoms with E-state index in [0.717, 1.165) is 60.6 Å². The number of quaternary nitrogens is 1. The Morgan fingerprint density at radius 2 is 2.04 bits per heavy atom. The lowest BCUT2D eigenvalue weighted by Crippen LogP contribution is -3.05. The van der Waals surface area contributed by atoms with Crippen molar-refractivity contribution in [3.63, 3.8) is 0 Å². The van der Waals surface area contributed by atoms with Crippen molar-refractivity contribution in [2.75, 3.05) is 26.4 Å². The van der Waals surface area contributed by atoms with Crippen LogP contribution in [0.5, 0.6) is 0 Å². The molecule has 0 atom stereocenters. The average molecular weight is 402 g/mol. The molecule has 0 bridgehead atoms. The number of carbonyl (C=O) groups excluding carboxylic acids is 1. The number of carbonyl (C=O) groups is 1.